The molecule has 3 nitrogen and oxygen atoms in total. The van der Waals surface area contributed by atoms with Crippen LogP contribution in [0.15, 0.2) is 29.2 Å². The van der Waals surface area contributed by atoms with Crippen molar-refractivity contribution in [2.75, 3.05) is 32.7 Å². The van der Waals surface area contributed by atoms with Crippen LogP contribution < -0.4 is 0 Å². The van der Waals surface area contributed by atoms with Crippen molar-refractivity contribution in [3.63, 3.8) is 0 Å². The number of hydrogen-bond acceptors (Lipinski definition) is 3. The molecule has 20 heavy (non-hydrogen) atoms. The number of carbonyl (C=O) groups excluding carboxylic acids is 1. The first-order chi connectivity index (χ1) is 9.60. The fourth-order valence-corrected chi connectivity index (χ4v) is 3.39. The number of thioether (sulfide) groups is 1. The number of carbonyl (C=O) groups is 1. The minimum atomic E-state index is -0.0515. The number of halogens is 1. The van der Waals surface area contributed by atoms with Crippen LogP contribution in [-0.4, -0.2) is 53.7 Å². The second-order valence-electron chi connectivity index (χ2n) is 4.97. The molecule has 110 valence electrons. The zero-order chi connectivity index (χ0) is 14.5. The van der Waals surface area contributed by atoms with E-state index in [4.69, 9.17) is 11.6 Å². The second kappa shape index (κ2) is 7.34. The van der Waals surface area contributed by atoms with Crippen LogP contribution in [0.5, 0.6) is 0 Å². The van der Waals surface area contributed by atoms with E-state index < -0.39 is 0 Å². The van der Waals surface area contributed by atoms with Crippen molar-refractivity contribution in [3.05, 3.63) is 29.3 Å². The summed E-state index contributed by atoms with van der Waals surface area (Å²) < 4.78 is 0. The van der Waals surface area contributed by atoms with Gasteiger partial charge in [-0.3, -0.25) is 4.79 Å². The Bertz CT molecular complexity index is 444. The van der Waals surface area contributed by atoms with Gasteiger partial charge in [-0.25, -0.2) is 0 Å². The van der Waals surface area contributed by atoms with Crippen LogP contribution in [0.2, 0.25) is 5.02 Å². The molecule has 0 aliphatic carbocycles. The summed E-state index contributed by atoms with van der Waals surface area (Å²) in [5.41, 5.74) is 0. The van der Waals surface area contributed by atoms with Gasteiger partial charge in [-0.15, -0.1) is 11.8 Å². The molecule has 1 heterocycles. The van der Waals surface area contributed by atoms with Crippen molar-refractivity contribution in [3.8, 4) is 0 Å². The summed E-state index contributed by atoms with van der Waals surface area (Å²) in [6.07, 6.45) is 0. The van der Waals surface area contributed by atoms with E-state index in [1.165, 1.54) is 0 Å². The summed E-state index contributed by atoms with van der Waals surface area (Å²) in [5.74, 6) is 0.237. The molecule has 1 fully saturated rings. The smallest absolute Gasteiger partial charge is 0.235 e. The quantitative estimate of drug-likeness (QED) is 0.799. The van der Waals surface area contributed by atoms with Crippen molar-refractivity contribution < 1.29 is 4.79 Å². The van der Waals surface area contributed by atoms with Crippen LogP contribution in [0, 0.1) is 0 Å². The highest BCUT2D eigenvalue weighted by molar-refractivity contribution is 8.00. The summed E-state index contributed by atoms with van der Waals surface area (Å²) in [4.78, 5) is 17.9. The predicted molar refractivity (Wildman–Crippen MR) is 85.5 cm³/mol. The van der Waals surface area contributed by atoms with E-state index in [1.54, 1.807) is 11.8 Å². The number of likely N-dealkylation sites (N-methyl/N-ethyl adjacent to an activating group) is 1. The standard InChI is InChI=1S/C15H21ClN2OS/c1-3-17-8-10-18(11-9-17)15(19)12(2)20-14-6-4-13(16)5-7-14/h4-7,12H,3,8-11H2,1-2H3. The van der Waals surface area contributed by atoms with Crippen molar-refractivity contribution in [2.45, 2.75) is 24.0 Å². The summed E-state index contributed by atoms with van der Waals surface area (Å²) in [6, 6.07) is 7.65. The lowest BCUT2D eigenvalue weighted by molar-refractivity contribution is -0.132. The molecular formula is C15H21ClN2OS. The number of amides is 1. The molecule has 0 aromatic heterocycles. The first-order valence-corrected chi connectivity index (χ1v) is 8.29. The number of benzene rings is 1. The number of rotatable bonds is 4. The second-order valence-corrected chi connectivity index (χ2v) is 6.82. The molecule has 1 aliphatic rings. The summed E-state index contributed by atoms with van der Waals surface area (Å²) in [6.45, 7) is 8.87. The first kappa shape index (κ1) is 15.7. The molecule has 1 atom stereocenters. The van der Waals surface area contributed by atoms with E-state index in [9.17, 15) is 4.79 Å². The van der Waals surface area contributed by atoms with Gasteiger partial charge in [0.2, 0.25) is 5.91 Å². The lowest BCUT2D eigenvalue weighted by atomic mass is 10.3. The van der Waals surface area contributed by atoms with Gasteiger partial charge in [-0.1, -0.05) is 18.5 Å². The Morgan fingerprint density at radius 2 is 1.85 bits per heavy atom. The lowest BCUT2D eigenvalue weighted by Gasteiger charge is -2.35. The van der Waals surface area contributed by atoms with E-state index in [1.807, 2.05) is 36.1 Å². The molecule has 0 bridgehead atoms. The van der Waals surface area contributed by atoms with Crippen LogP contribution in [0.4, 0.5) is 0 Å². The third-order valence-electron chi connectivity index (χ3n) is 3.61. The van der Waals surface area contributed by atoms with Crippen molar-refractivity contribution >= 4 is 29.3 Å². The van der Waals surface area contributed by atoms with Gasteiger partial charge < -0.3 is 9.80 Å². The van der Waals surface area contributed by atoms with Gasteiger partial charge in [0.05, 0.1) is 5.25 Å². The van der Waals surface area contributed by atoms with Gasteiger partial charge in [0.15, 0.2) is 0 Å². The highest BCUT2D eigenvalue weighted by Crippen LogP contribution is 2.26. The van der Waals surface area contributed by atoms with Gasteiger partial charge in [-0.2, -0.15) is 0 Å². The van der Waals surface area contributed by atoms with E-state index >= 15 is 0 Å². The third-order valence-corrected chi connectivity index (χ3v) is 4.96. The van der Waals surface area contributed by atoms with Crippen molar-refractivity contribution in [1.82, 2.24) is 9.80 Å². The normalized spacial score (nSPS) is 18.1. The van der Waals surface area contributed by atoms with Crippen molar-refractivity contribution in [1.29, 1.82) is 0 Å². The molecular weight excluding hydrogens is 292 g/mol. The van der Waals surface area contributed by atoms with Crippen LogP contribution in [0.1, 0.15) is 13.8 Å². The molecule has 1 aromatic rings. The Kier molecular flexibility index (Phi) is 5.75. The van der Waals surface area contributed by atoms with Crippen LogP contribution >= 0.6 is 23.4 Å². The Labute approximate surface area is 130 Å². The fraction of sp³-hybridized carbons (Fsp3) is 0.533. The molecule has 1 aromatic carbocycles. The molecule has 1 saturated heterocycles. The largest absolute Gasteiger partial charge is 0.339 e. The van der Waals surface area contributed by atoms with Gasteiger partial charge in [0.25, 0.3) is 0 Å². The summed E-state index contributed by atoms with van der Waals surface area (Å²) in [5, 5.41) is 0.674. The van der Waals surface area contributed by atoms with E-state index in [0.717, 1.165) is 42.6 Å². The summed E-state index contributed by atoms with van der Waals surface area (Å²) >= 11 is 7.47. The topological polar surface area (TPSA) is 23.6 Å². The Hall–Kier alpha value is -0.710. The molecule has 5 heteroatoms. The molecule has 0 spiro atoms. The van der Waals surface area contributed by atoms with Crippen LogP contribution in [0.25, 0.3) is 0 Å². The Morgan fingerprint density at radius 3 is 2.40 bits per heavy atom. The minimum Gasteiger partial charge on any atom is -0.339 e. The Balaban J connectivity index is 1.87. The molecule has 1 amide bonds. The molecule has 0 saturated carbocycles. The monoisotopic (exact) mass is 312 g/mol. The SMILES string of the molecule is CCN1CCN(C(=O)C(C)Sc2ccc(Cl)cc2)CC1. The van der Waals surface area contributed by atoms with Crippen molar-refractivity contribution in [2.24, 2.45) is 0 Å². The zero-order valence-electron chi connectivity index (χ0n) is 12.0. The van der Waals surface area contributed by atoms with Gasteiger partial charge in [0.1, 0.15) is 0 Å². The van der Waals surface area contributed by atoms with Gasteiger partial charge in [0, 0.05) is 36.1 Å². The van der Waals surface area contributed by atoms with E-state index in [2.05, 4.69) is 11.8 Å². The van der Waals surface area contributed by atoms with Crippen LogP contribution in [-0.2, 0) is 4.79 Å². The number of hydrogen-bond donors (Lipinski definition) is 0. The average molecular weight is 313 g/mol. The average Bonchev–Trinajstić information content (AvgIpc) is 2.49. The maximum absolute atomic E-state index is 12.4. The predicted octanol–water partition coefficient (Wildman–Crippen LogP) is 2.98. The minimum absolute atomic E-state index is 0.0515. The Morgan fingerprint density at radius 1 is 1.25 bits per heavy atom. The van der Waals surface area contributed by atoms with Crippen LogP contribution in [0.3, 0.4) is 0 Å². The molecule has 2 rings (SSSR count). The highest BCUT2D eigenvalue weighted by atomic mass is 35.5. The maximum atomic E-state index is 12.4. The molecule has 1 aliphatic heterocycles. The maximum Gasteiger partial charge on any atom is 0.235 e. The van der Waals surface area contributed by atoms with Gasteiger partial charge >= 0.3 is 0 Å². The van der Waals surface area contributed by atoms with E-state index in [0.29, 0.717) is 0 Å². The first-order valence-electron chi connectivity index (χ1n) is 7.03. The summed E-state index contributed by atoms with van der Waals surface area (Å²) in [7, 11) is 0. The molecule has 0 radical (unpaired) electrons. The highest BCUT2D eigenvalue weighted by Gasteiger charge is 2.24. The van der Waals surface area contributed by atoms with E-state index in [-0.39, 0.29) is 11.2 Å². The number of piperazine rings is 1. The fourth-order valence-electron chi connectivity index (χ4n) is 2.31. The molecule has 0 N–H and O–H groups in total. The number of nitrogens with zero attached hydrogens (tertiary/aromatic N) is 2. The van der Waals surface area contributed by atoms with Gasteiger partial charge in [-0.05, 0) is 37.7 Å². The third kappa shape index (κ3) is 4.14. The molecule has 1 unspecified atom stereocenters. The lowest BCUT2D eigenvalue weighted by Crippen LogP contribution is -2.50. The zero-order valence-corrected chi connectivity index (χ0v) is 13.6.